The lowest BCUT2D eigenvalue weighted by Gasteiger charge is -2.25. The van der Waals surface area contributed by atoms with E-state index in [-0.39, 0.29) is 5.41 Å². The highest BCUT2D eigenvalue weighted by Gasteiger charge is 2.21. The number of methoxy groups -OCH3 is 1. The van der Waals surface area contributed by atoms with Crippen LogP contribution < -0.4 is 10.5 Å². The van der Waals surface area contributed by atoms with Crippen molar-refractivity contribution in [1.29, 1.82) is 0 Å². The summed E-state index contributed by atoms with van der Waals surface area (Å²) in [5, 5.41) is 0. The Bertz CT molecular complexity index is 377. The Balaban J connectivity index is 3.25. The van der Waals surface area contributed by atoms with Gasteiger partial charge in [0.1, 0.15) is 5.75 Å². The van der Waals surface area contributed by atoms with Crippen molar-refractivity contribution in [3.63, 3.8) is 0 Å². The van der Waals surface area contributed by atoms with E-state index in [2.05, 4.69) is 39.8 Å². The molecule has 0 aliphatic heterocycles. The molecule has 0 heterocycles. The summed E-state index contributed by atoms with van der Waals surface area (Å²) >= 11 is 0. The van der Waals surface area contributed by atoms with Gasteiger partial charge in [-0.3, -0.25) is 0 Å². The van der Waals surface area contributed by atoms with Crippen LogP contribution in [0.2, 0.25) is 0 Å². The Labute approximate surface area is 105 Å². The third kappa shape index (κ3) is 3.47. The van der Waals surface area contributed by atoms with Gasteiger partial charge in [-0.1, -0.05) is 38.5 Å². The van der Waals surface area contributed by atoms with Crippen molar-refractivity contribution in [3.8, 4) is 5.75 Å². The molecule has 0 saturated carbocycles. The zero-order chi connectivity index (χ0) is 13.1. The van der Waals surface area contributed by atoms with Crippen LogP contribution in [0.4, 0.5) is 0 Å². The monoisotopic (exact) mass is 235 g/mol. The molecule has 0 spiro atoms. The molecule has 96 valence electrons. The second kappa shape index (κ2) is 5.54. The zero-order valence-corrected chi connectivity index (χ0v) is 11.8. The largest absolute Gasteiger partial charge is 0.496 e. The number of nitrogens with two attached hydrogens (primary N) is 1. The van der Waals surface area contributed by atoms with Crippen LogP contribution in [-0.4, -0.2) is 13.7 Å². The number of hydrogen-bond donors (Lipinski definition) is 1. The van der Waals surface area contributed by atoms with Crippen molar-refractivity contribution in [1.82, 2.24) is 0 Å². The van der Waals surface area contributed by atoms with Crippen LogP contribution >= 0.6 is 0 Å². The molecule has 0 aliphatic rings. The van der Waals surface area contributed by atoms with Crippen LogP contribution in [0.5, 0.6) is 5.75 Å². The molecule has 0 fully saturated rings. The van der Waals surface area contributed by atoms with E-state index in [1.807, 2.05) is 0 Å². The zero-order valence-electron chi connectivity index (χ0n) is 11.8. The van der Waals surface area contributed by atoms with Crippen molar-refractivity contribution >= 4 is 0 Å². The molecule has 17 heavy (non-hydrogen) atoms. The maximum absolute atomic E-state index is 5.61. The topological polar surface area (TPSA) is 35.2 Å². The Morgan fingerprint density at radius 2 is 1.88 bits per heavy atom. The first-order chi connectivity index (χ1) is 7.90. The fraction of sp³-hybridized carbons (Fsp3) is 0.600. The summed E-state index contributed by atoms with van der Waals surface area (Å²) in [6.07, 6.45) is 1.99. The van der Waals surface area contributed by atoms with Gasteiger partial charge < -0.3 is 10.5 Å². The highest BCUT2D eigenvalue weighted by molar-refractivity contribution is 5.47. The molecular weight excluding hydrogens is 210 g/mol. The summed E-state index contributed by atoms with van der Waals surface area (Å²) in [5.41, 5.74) is 9.55. The summed E-state index contributed by atoms with van der Waals surface area (Å²) in [4.78, 5) is 0. The fourth-order valence-electron chi connectivity index (χ4n) is 2.12. The van der Waals surface area contributed by atoms with Gasteiger partial charge in [-0.25, -0.2) is 0 Å². The minimum Gasteiger partial charge on any atom is -0.496 e. The van der Waals surface area contributed by atoms with Crippen LogP contribution in [0.25, 0.3) is 0 Å². The normalized spacial score (nSPS) is 11.6. The summed E-state index contributed by atoms with van der Waals surface area (Å²) in [5.74, 6) is 1.04. The molecule has 2 heteroatoms. The van der Waals surface area contributed by atoms with E-state index in [9.17, 15) is 0 Å². The van der Waals surface area contributed by atoms with Crippen LogP contribution in [-0.2, 0) is 11.8 Å². The van der Waals surface area contributed by atoms with Gasteiger partial charge in [0, 0.05) is 5.56 Å². The lowest BCUT2D eigenvalue weighted by atomic mass is 9.83. The highest BCUT2D eigenvalue weighted by atomic mass is 16.5. The Morgan fingerprint density at radius 3 is 2.35 bits per heavy atom. The molecule has 2 N–H and O–H groups in total. The quantitative estimate of drug-likeness (QED) is 0.870. The first kappa shape index (κ1) is 14.0. The summed E-state index contributed by atoms with van der Waals surface area (Å²) < 4.78 is 5.61. The molecular formula is C15H25NO. The molecule has 1 aromatic carbocycles. The molecule has 0 atom stereocenters. The SMILES string of the molecule is COc1c(CCCN)cc(C)cc1C(C)(C)C. The van der Waals surface area contributed by atoms with Gasteiger partial charge in [0.25, 0.3) is 0 Å². The smallest absolute Gasteiger partial charge is 0.125 e. The average Bonchev–Trinajstić information content (AvgIpc) is 2.24. The van der Waals surface area contributed by atoms with Crippen molar-refractivity contribution in [2.24, 2.45) is 5.73 Å². The number of aryl methyl sites for hydroxylation is 2. The van der Waals surface area contributed by atoms with E-state index in [1.54, 1.807) is 7.11 Å². The van der Waals surface area contributed by atoms with E-state index < -0.39 is 0 Å². The van der Waals surface area contributed by atoms with Crippen molar-refractivity contribution in [2.75, 3.05) is 13.7 Å². The standard InChI is InChI=1S/C15H25NO/c1-11-9-12(7-6-8-16)14(17-5)13(10-11)15(2,3)4/h9-10H,6-8,16H2,1-5H3. The van der Waals surface area contributed by atoms with Crippen molar-refractivity contribution in [2.45, 2.75) is 46.0 Å². The van der Waals surface area contributed by atoms with Crippen LogP contribution in [0.15, 0.2) is 12.1 Å². The first-order valence-electron chi connectivity index (χ1n) is 6.28. The predicted molar refractivity (Wildman–Crippen MR) is 73.8 cm³/mol. The average molecular weight is 235 g/mol. The molecule has 2 nitrogen and oxygen atoms in total. The van der Waals surface area contributed by atoms with Gasteiger partial charge in [0.2, 0.25) is 0 Å². The second-order valence-corrected chi connectivity index (χ2v) is 5.65. The van der Waals surface area contributed by atoms with Crippen LogP contribution in [0, 0.1) is 6.92 Å². The number of rotatable bonds is 4. The molecule has 0 saturated heterocycles. The Morgan fingerprint density at radius 1 is 1.24 bits per heavy atom. The first-order valence-corrected chi connectivity index (χ1v) is 6.28. The third-order valence-corrected chi connectivity index (χ3v) is 2.97. The van der Waals surface area contributed by atoms with Gasteiger partial charge in [-0.05, 0) is 37.3 Å². The minimum absolute atomic E-state index is 0.106. The minimum atomic E-state index is 0.106. The third-order valence-electron chi connectivity index (χ3n) is 2.97. The number of hydrogen-bond acceptors (Lipinski definition) is 2. The molecule has 1 aromatic rings. The van der Waals surface area contributed by atoms with Crippen LogP contribution in [0.1, 0.15) is 43.9 Å². The van der Waals surface area contributed by atoms with E-state index in [1.165, 1.54) is 16.7 Å². The van der Waals surface area contributed by atoms with E-state index >= 15 is 0 Å². The lowest BCUT2D eigenvalue weighted by molar-refractivity contribution is 0.392. The molecule has 0 aliphatic carbocycles. The molecule has 0 bridgehead atoms. The van der Waals surface area contributed by atoms with Gasteiger partial charge in [-0.15, -0.1) is 0 Å². The van der Waals surface area contributed by atoms with Gasteiger partial charge >= 0.3 is 0 Å². The van der Waals surface area contributed by atoms with Gasteiger partial charge in [0.15, 0.2) is 0 Å². The van der Waals surface area contributed by atoms with Crippen LogP contribution in [0.3, 0.4) is 0 Å². The summed E-state index contributed by atoms with van der Waals surface area (Å²) in [6, 6.07) is 4.44. The van der Waals surface area contributed by atoms with Crippen molar-refractivity contribution in [3.05, 3.63) is 28.8 Å². The van der Waals surface area contributed by atoms with E-state index in [4.69, 9.17) is 10.5 Å². The maximum Gasteiger partial charge on any atom is 0.125 e. The summed E-state index contributed by atoms with van der Waals surface area (Å²) in [6.45, 7) is 9.52. The Hall–Kier alpha value is -1.02. The Kier molecular flexibility index (Phi) is 4.58. The molecule has 0 unspecified atom stereocenters. The second-order valence-electron chi connectivity index (χ2n) is 5.65. The highest BCUT2D eigenvalue weighted by Crippen LogP contribution is 2.35. The number of benzene rings is 1. The summed E-state index contributed by atoms with van der Waals surface area (Å²) in [7, 11) is 1.76. The fourth-order valence-corrected chi connectivity index (χ4v) is 2.12. The lowest BCUT2D eigenvalue weighted by Crippen LogP contribution is -2.14. The van der Waals surface area contributed by atoms with Crippen molar-refractivity contribution < 1.29 is 4.74 Å². The number of ether oxygens (including phenoxy) is 1. The molecule has 1 rings (SSSR count). The maximum atomic E-state index is 5.61. The van der Waals surface area contributed by atoms with Gasteiger partial charge in [0.05, 0.1) is 7.11 Å². The molecule has 0 aromatic heterocycles. The molecule has 0 amide bonds. The molecule has 0 radical (unpaired) electrons. The predicted octanol–water partition coefficient (Wildman–Crippen LogP) is 3.19. The van der Waals surface area contributed by atoms with E-state index in [0.717, 1.165) is 25.1 Å². The van der Waals surface area contributed by atoms with Gasteiger partial charge in [-0.2, -0.15) is 0 Å². The van der Waals surface area contributed by atoms with E-state index in [0.29, 0.717) is 0 Å².